The van der Waals surface area contributed by atoms with Gasteiger partial charge in [0.05, 0.1) is 12.9 Å². The van der Waals surface area contributed by atoms with Crippen LogP contribution in [-0.2, 0) is 14.3 Å². The molecule has 0 aliphatic rings. The predicted molar refractivity (Wildman–Crippen MR) is 105 cm³/mol. The molecular weight excluding hydrogens is 386 g/mol. The van der Waals surface area contributed by atoms with Gasteiger partial charge >= 0.3 is 5.97 Å². The summed E-state index contributed by atoms with van der Waals surface area (Å²) in [6.07, 6.45) is -0.717. The number of methoxy groups -OCH3 is 1. The van der Waals surface area contributed by atoms with E-state index in [1.165, 1.54) is 30.2 Å². The minimum atomic E-state index is -0.717. The van der Waals surface area contributed by atoms with E-state index in [2.05, 4.69) is 20.3 Å². The maximum absolute atomic E-state index is 12.4. The van der Waals surface area contributed by atoms with Crippen LogP contribution in [0.2, 0.25) is 0 Å². The molecule has 9 heteroatoms. The van der Waals surface area contributed by atoms with Crippen LogP contribution < -0.4 is 10.1 Å². The molecule has 1 heterocycles. The van der Waals surface area contributed by atoms with Crippen molar-refractivity contribution in [3.05, 3.63) is 42.5 Å². The van der Waals surface area contributed by atoms with E-state index in [0.29, 0.717) is 15.2 Å². The van der Waals surface area contributed by atoms with E-state index >= 15 is 0 Å². The third kappa shape index (κ3) is 4.95. The first-order valence-electron chi connectivity index (χ1n) is 8.05. The van der Waals surface area contributed by atoms with Gasteiger partial charge in [-0.15, -0.1) is 10.2 Å². The number of nitrogens with one attached hydrogen (secondary N) is 1. The Hall–Kier alpha value is -2.65. The fourth-order valence-corrected chi connectivity index (χ4v) is 3.83. The summed E-state index contributed by atoms with van der Waals surface area (Å²) in [6.45, 7) is 1.67. The number of benzene rings is 2. The molecule has 0 saturated heterocycles. The van der Waals surface area contributed by atoms with Crippen molar-refractivity contribution in [2.75, 3.05) is 18.2 Å². The first-order chi connectivity index (χ1) is 13.1. The number of carbonyl (C=O) groups is 2. The monoisotopic (exact) mass is 403 g/mol. The van der Waals surface area contributed by atoms with Gasteiger partial charge in [-0.05, 0) is 18.4 Å². The van der Waals surface area contributed by atoms with Crippen LogP contribution in [0.15, 0.2) is 46.8 Å². The number of aromatic nitrogens is 2. The van der Waals surface area contributed by atoms with E-state index in [-0.39, 0.29) is 17.6 Å². The lowest BCUT2D eigenvalue weighted by Gasteiger charge is -2.15. The molecule has 1 amide bonds. The van der Waals surface area contributed by atoms with Gasteiger partial charge in [0.15, 0.2) is 10.4 Å². The number of thioether (sulfide) groups is 1. The molecule has 0 bridgehead atoms. The number of anilines is 1. The van der Waals surface area contributed by atoms with Gasteiger partial charge in [0, 0.05) is 5.39 Å². The van der Waals surface area contributed by atoms with Crippen molar-refractivity contribution in [3.63, 3.8) is 0 Å². The molecule has 7 nitrogen and oxygen atoms in total. The van der Waals surface area contributed by atoms with Crippen LogP contribution in [0.5, 0.6) is 5.75 Å². The van der Waals surface area contributed by atoms with Crippen LogP contribution in [0.1, 0.15) is 6.92 Å². The summed E-state index contributed by atoms with van der Waals surface area (Å²) in [7, 11) is 1.33. The van der Waals surface area contributed by atoms with Crippen LogP contribution in [0.3, 0.4) is 0 Å². The Labute approximate surface area is 164 Å². The molecule has 0 unspecified atom stereocenters. The molecule has 27 heavy (non-hydrogen) atoms. The van der Waals surface area contributed by atoms with Gasteiger partial charge in [-0.3, -0.25) is 14.9 Å². The van der Waals surface area contributed by atoms with Gasteiger partial charge in [0.2, 0.25) is 5.13 Å². The molecule has 1 atom stereocenters. The number of amides is 1. The zero-order valence-electron chi connectivity index (χ0n) is 14.7. The smallest absolute Gasteiger partial charge is 0.316 e. The second-order valence-electron chi connectivity index (χ2n) is 5.46. The highest BCUT2D eigenvalue weighted by atomic mass is 32.2. The van der Waals surface area contributed by atoms with Crippen LogP contribution >= 0.6 is 23.1 Å². The topological polar surface area (TPSA) is 90.4 Å². The Morgan fingerprint density at radius 1 is 1.19 bits per heavy atom. The van der Waals surface area contributed by atoms with Crippen molar-refractivity contribution in [1.29, 1.82) is 0 Å². The molecule has 140 valence electrons. The summed E-state index contributed by atoms with van der Waals surface area (Å²) >= 11 is 2.39. The zero-order chi connectivity index (χ0) is 19.2. The summed E-state index contributed by atoms with van der Waals surface area (Å²) in [4.78, 5) is 23.5. The van der Waals surface area contributed by atoms with Crippen molar-refractivity contribution in [2.24, 2.45) is 0 Å². The highest BCUT2D eigenvalue weighted by molar-refractivity contribution is 8.01. The van der Waals surface area contributed by atoms with Gasteiger partial charge in [-0.1, -0.05) is 59.5 Å². The van der Waals surface area contributed by atoms with Crippen molar-refractivity contribution in [3.8, 4) is 5.75 Å². The molecule has 0 fully saturated rings. The highest BCUT2D eigenvalue weighted by Crippen LogP contribution is 2.27. The molecule has 0 saturated carbocycles. The first-order valence-corrected chi connectivity index (χ1v) is 9.85. The number of esters is 1. The standard InChI is InChI=1S/C18H17N3O4S2/c1-11(25-14-9-5-7-12-6-3-4-8-13(12)14)16(23)19-17-20-21-18(27-17)26-10-15(22)24-2/h3-9,11H,10H2,1-2H3,(H,19,20,23)/t11-/m1/s1. The second kappa shape index (κ2) is 8.83. The molecule has 1 aromatic heterocycles. The molecule has 0 aliphatic heterocycles. The van der Waals surface area contributed by atoms with E-state index in [0.717, 1.165) is 10.8 Å². The zero-order valence-corrected chi connectivity index (χ0v) is 16.3. The normalized spacial score (nSPS) is 11.8. The fraction of sp³-hybridized carbons (Fsp3) is 0.222. The molecule has 1 N–H and O–H groups in total. The van der Waals surface area contributed by atoms with Crippen molar-refractivity contribution in [2.45, 2.75) is 17.4 Å². The maximum atomic E-state index is 12.4. The van der Waals surface area contributed by atoms with E-state index in [9.17, 15) is 9.59 Å². The minimum absolute atomic E-state index is 0.139. The van der Waals surface area contributed by atoms with E-state index in [1.807, 2.05) is 42.5 Å². The second-order valence-corrected chi connectivity index (χ2v) is 7.66. The van der Waals surface area contributed by atoms with E-state index in [1.54, 1.807) is 6.92 Å². The molecule has 0 radical (unpaired) electrons. The molecule has 3 aromatic rings. The Bertz CT molecular complexity index is 955. The minimum Gasteiger partial charge on any atom is -0.480 e. The molecule has 3 rings (SSSR count). The van der Waals surface area contributed by atoms with Gasteiger partial charge in [0.25, 0.3) is 5.91 Å². The average Bonchev–Trinajstić information content (AvgIpc) is 3.13. The summed E-state index contributed by atoms with van der Waals surface area (Å²) < 4.78 is 11.0. The number of carbonyl (C=O) groups excluding carboxylic acids is 2. The lowest BCUT2D eigenvalue weighted by atomic mass is 10.1. The number of hydrogen-bond donors (Lipinski definition) is 1. The first kappa shape index (κ1) is 19.1. The Morgan fingerprint density at radius 3 is 2.78 bits per heavy atom. The van der Waals surface area contributed by atoms with Gasteiger partial charge in [-0.25, -0.2) is 0 Å². The van der Waals surface area contributed by atoms with Gasteiger partial charge in [-0.2, -0.15) is 0 Å². The van der Waals surface area contributed by atoms with Crippen molar-refractivity contribution >= 4 is 50.9 Å². The Balaban J connectivity index is 1.61. The van der Waals surface area contributed by atoms with Crippen LogP contribution in [0.4, 0.5) is 5.13 Å². The van der Waals surface area contributed by atoms with Crippen LogP contribution in [-0.4, -0.2) is 41.0 Å². The number of rotatable bonds is 7. The third-order valence-electron chi connectivity index (χ3n) is 3.60. The number of hydrogen-bond acceptors (Lipinski definition) is 8. The van der Waals surface area contributed by atoms with Gasteiger partial charge < -0.3 is 9.47 Å². The summed E-state index contributed by atoms with van der Waals surface area (Å²) in [6, 6.07) is 13.5. The van der Waals surface area contributed by atoms with Crippen LogP contribution in [0, 0.1) is 0 Å². The maximum Gasteiger partial charge on any atom is 0.316 e. The van der Waals surface area contributed by atoms with Crippen LogP contribution in [0.25, 0.3) is 10.8 Å². The quantitative estimate of drug-likeness (QED) is 0.367. The third-order valence-corrected chi connectivity index (χ3v) is 5.55. The average molecular weight is 403 g/mol. The highest BCUT2D eigenvalue weighted by Gasteiger charge is 2.18. The molecule has 2 aromatic carbocycles. The number of nitrogens with zero attached hydrogens (tertiary/aromatic N) is 2. The Morgan fingerprint density at radius 2 is 1.96 bits per heavy atom. The molecule has 0 spiro atoms. The number of ether oxygens (including phenoxy) is 2. The van der Waals surface area contributed by atoms with E-state index in [4.69, 9.17) is 4.74 Å². The van der Waals surface area contributed by atoms with Gasteiger partial charge in [0.1, 0.15) is 5.75 Å². The summed E-state index contributed by atoms with van der Waals surface area (Å²) in [5.41, 5.74) is 0. The SMILES string of the molecule is COC(=O)CSc1nnc(NC(=O)[C@@H](C)Oc2cccc3ccccc23)s1. The predicted octanol–water partition coefficient (Wildman–Crippen LogP) is 3.36. The van der Waals surface area contributed by atoms with Crippen molar-refractivity contribution in [1.82, 2.24) is 10.2 Å². The molecular formula is C18H17N3O4S2. The Kier molecular flexibility index (Phi) is 6.25. The summed E-state index contributed by atoms with van der Waals surface area (Å²) in [5, 5.41) is 12.8. The lowest BCUT2D eigenvalue weighted by molar-refractivity contribution is -0.137. The summed E-state index contributed by atoms with van der Waals surface area (Å²) in [5.74, 6) is 0.100. The molecule has 0 aliphatic carbocycles. The fourth-order valence-electron chi connectivity index (χ4n) is 2.25. The number of fused-ring (bicyclic) bond motifs is 1. The lowest BCUT2D eigenvalue weighted by Crippen LogP contribution is -2.30. The van der Waals surface area contributed by atoms with Crippen molar-refractivity contribution < 1.29 is 19.1 Å². The largest absolute Gasteiger partial charge is 0.480 e. The van der Waals surface area contributed by atoms with E-state index < -0.39 is 6.10 Å².